The monoisotopic (exact) mass is 473 g/mol. The first-order chi connectivity index (χ1) is 15.2. The van der Waals surface area contributed by atoms with Gasteiger partial charge in [-0.05, 0) is 54.8 Å². The lowest BCUT2D eigenvalue weighted by molar-refractivity contribution is -0.120. The normalized spacial score (nSPS) is 20.7. The number of likely N-dealkylation sites (N-methyl/N-ethyl adjacent to an activating group) is 1. The van der Waals surface area contributed by atoms with Crippen molar-refractivity contribution in [2.24, 2.45) is 0 Å². The lowest BCUT2D eigenvalue weighted by Crippen LogP contribution is -2.55. The van der Waals surface area contributed by atoms with Gasteiger partial charge in [-0.25, -0.2) is 4.39 Å². The third-order valence-corrected chi connectivity index (χ3v) is 8.34. The average molecular weight is 474 g/mol. The summed E-state index contributed by atoms with van der Waals surface area (Å²) in [5.74, 6) is -0.816. The van der Waals surface area contributed by atoms with Gasteiger partial charge in [0, 0.05) is 28.9 Å². The van der Waals surface area contributed by atoms with Crippen LogP contribution in [0.3, 0.4) is 0 Å². The van der Waals surface area contributed by atoms with Crippen molar-refractivity contribution in [1.29, 1.82) is 0 Å². The van der Waals surface area contributed by atoms with Crippen LogP contribution in [0.5, 0.6) is 0 Å². The third-order valence-electron chi connectivity index (χ3n) is 5.54. The maximum absolute atomic E-state index is 13.5. The van der Waals surface area contributed by atoms with Crippen molar-refractivity contribution in [1.82, 2.24) is 9.03 Å². The maximum atomic E-state index is 13.5. The highest BCUT2D eigenvalue weighted by molar-refractivity contribution is 7.87. The summed E-state index contributed by atoms with van der Waals surface area (Å²) in [7, 11) is -2.46. The lowest BCUT2D eigenvalue weighted by atomic mass is 10.0. The molecule has 0 aliphatic carbocycles. The molecule has 1 fully saturated rings. The minimum atomic E-state index is -3.84. The lowest BCUT2D eigenvalue weighted by Gasteiger charge is -2.35. The molecule has 2 N–H and O–H groups in total. The maximum Gasteiger partial charge on any atom is 0.280 e. The molecule has 3 aromatic rings. The van der Waals surface area contributed by atoms with Gasteiger partial charge < -0.3 is 5.32 Å². The number of anilines is 1. The van der Waals surface area contributed by atoms with Gasteiger partial charge in [-0.1, -0.05) is 30.3 Å². The van der Waals surface area contributed by atoms with Crippen molar-refractivity contribution < 1.29 is 17.6 Å². The molecule has 0 saturated carbocycles. The number of nitrogens with zero attached hydrogens (tertiary/aromatic N) is 1. The van der Waals surface area contributed by atoms with E-state index in [0.717, 1.165) is 20.5 Å². The zero-order valence-corrected chi connectivity index (χ0v) is 19.3. The summed E-state index contributed by atoms with van der Waals surface area (Å²) in [6.45, 7) is 1.60. The highest BCUT2D eigenvalue weighted by atomic mass is 32.2. The number of amides is 1. The number of hydrogen-bond donors (Lipinski definition) is 2. The fourth-order valence-electron chi connectivity index (χ4n) is 3.72. The Morgan fingerprint density at radius 1 is 1.19 bits per heavy atom. The van der Waals surface area contributed by atoms with E-state index in [2.05, 4.69) is 22.2 Å². The Balaban J connectivity index is 1.52. The van der Waals surface area contributed by atoms with Crippen LogP contribution in [0.2, 0.25) is 0 Å². The molecular weight excluding hydrogens is 449 g/mol. The van der Waals surface area contributed by atoms with Crippen LogP contribution in [-0.4, -0.2) is 31.7 Å². The molecule has 2 aromatic carbocycles. The van der Waals surface area contributed by atoms with Gasteiger partial charge in [-0.15, -0.1) is 11.3 Å². The van der Waals surface area contributed by atoms with Gasteiger partial charge in [-0.3, -0.25) is 4.79 Å². The van der Waals surface area contributed by atoms with Crippen molar-refractivity contribution in [2.75, 3.05) is 12.4 Å². The molecular formula is C23H24FN3O3S2. The molecule has 32 heavy (non-hydrogen) atoms. The molecule has 9 heteroatoms. The minimum Gasteiger partial charge on any atom is -0.325 e. The van der Waals surface area contributed by atoms with Crippen molar-refractivity contribution in [3.8, 4) is 0 Å². The van der Waals surface area contributed by atoms with Gasteiger partial charge in [0.25, 0.3) is 10.2 Å². The van der Waals surface area contributed by atoms with E-state index in [1.807, 2.05) is 30.3 Å². The van der Waals surface area contributed by atoms with E-state index in [1.165, 1.54) is 42.1 Å². The summed E-state index contributed by atoms with van der Waals surface area (Å²) in [6, 6.07) is 16.8. The topological polar surface area (TPSA) is 78.5 Å². The summed E-state index contributed by atoms with van der Waals surface area (Å²) in [4.78, 5) is 14.9. The number of benzene rings is 2. The number of rotatable bonds is 5. The van der Waals surface area contributed by atoms with Crippen LogP contribution in [0.15, 0.2) is 60.7 Å². The zero-order chi connectivity index (χ0) is 22.9. The van der Waals surface area contributed by atoms with E-state index in [9.17, 15) is 17.6 Å². The number of aryl methyl sites for hydroxylation is 1. The molecule has 1 aliphatic rings. The standard InChI is InChI=1S/C23H24FN3O3S2/c1-15-12-17(8-10-19(15)24)25-23(28)21-14-20(26-32(29,30)27(21)2)22-11-9-18(31-22)13-16-6-4-3-5-7-16/h3-12,20-21,26H,13-14H2,1-2H3,(H,25,28). The predicted molar refractivity (Wildman–Crippen MR) is 124 cm³/mol. The molecule has 1 aliphatic heterocycles. The van der Waals surface area contributed by atoms with Crippen LogP contribution in [0.25, 0.3) is 0 Å². The van der Waals surface area contributed by atoms with Crippen molar-refractivity contribution in [3.63, 3.8) is 0 Å². The van der Waals surface area contributed by atoms with Crippen molar-refractivity contribution in [3.05, 3.63) is 87.4 Å². The number of carbonyl (C=O) groups is 1. The van der Waals surface area contributed by atoms with E-state index in [0.29, 0.717) is 11.3 Å². The Labute approximate surface area is 191 Å². The Hall–Kier alpha value is -2.59. The molecule has 4 rings (SSSR count). The molecule has 1 aromatic heterocycles. The molecule has 1 saturated heterocycles. The van der Waals surface area contributed by atoms with Gasteiger partial charge in [0.05, 0.1) is 6.04 Å². The molecule has 0 radical (unpaired) electrons. The molecule has 0 bridgehead atoms. The van der Waals surface area contributed by atoms with E-state index in [1.54, 1.807) is 6.92 Å². The Morgan fingerprint density at radius 2 is 1.94 bits per heavy atom. The molecule has 2 atom stereocenters. The zero-order valence-electron chi connectivity index (χ0n) is 17.7. The number of nitrogens with one attached hydrogen (secondary N) is 2. The van der Waals surface area contributed by atoms with E-state index >= 15 is 0 Å². The van der Waals surface area contributed by atoms with Crippen LogP contribution >= 0.6 is 11.3 Å². The second kappa shape index (κ2) is 9.11. The van der Waals surface area contributed by atoms with Crippen LogP contribution in [0, 0.1) is 12.7 Å². The van der Waals surface area contributed by atoms with E-state index in [-0.39, 0.29) is 12.2 Å². The van der Waals surface area contributed by atoms with Crippen LogP contribution in [-0.2, 0) is 21.4 Å². The second-order valence-corrected chi connectivity index (χ2v) is 10.8. The molecule has 1 amide bonds. The molecule has 2 unspecified atom stereocenters. The Bertz CT molecular complexity index is 1230. The largest absolute Gasteiger partial charge is 0.325 e. The second-order valence-electron chi connectivity index (χ2n) is 7.86. The van der Waals surface area contributed by atoms with Crippen LogP contribution in [0.1, 0.15) is 33.3 Å². The number of halogens is 1. The van der Waals surface area contributed by atoms with E-state index in [4.69, 9.17) is 0 Å². The summed E-state index contributed by atoms with van der Waals surface area (Å²) in [5, 5.41) is 2.72. The number of hydrogen-bond acceptors (Lipinski definition) is 4. The summed E-state index contributed by atoms with van der Waals surface area (Å²) < 4.78 is 42.7. The molecule has 0 spiro atoms. The van der Waals surface area contributed by atoms with E-state index < -0.39 is 28.2 Å². The van der Waals surface area contributed by atoms with Crippen molar-refractivity contribution in [2.45, 2.75) is 31.8 Å². The summed E-state index contributed by atoms with van der Waals surface area (Å²) in [6.07, 6.45) is 1.05. The van der Waals surface area contributed by atoms with Gasteiger partial charge in [0.2, 0.25) is 5.91 Å². The molecule has 2 heterocycles. The van der Waals surface area contributed by atoms with Gasteiger partial charge in [0.15, 0.2) is 0 Å². The first kappa shape index (κ1) is 22.6. The fraction of sp³-hybridized carbons (Fsp3) is 0.261. The van der Waals surface area contributed by atoms with Crippen LogP contribution in [0.4, 0.5) is 10.1 Å². The first-order valence-corrected chi connectivity index (χ1v) is 12.4. The Kier molecular flexibility index (Phi) is 6.43. The minimum absolute atomic E-state index is 0.285. The van der Waals surface area contributed by atoms with Gasteiger partial charge in [0.1, 0.15) is 11.9 Å². The average Bonchev–Trinajstić information content (AvgIpc) is 3.21. The van der Waals surface area contributed by atoms with Crippen molar-refractivity contribution >= 4 is 33.1 Å². The number of carbonyl (C=O) groups excluding carboxylic acids is 1. The predicted octanol–water partition coefficient (Wildman–Crippen LogP) is 4.00. The van der Waals surface area contributed by atoms with Gasteiger partial charge in [-0.2, -0.15) is 17.4 Å². The smallest absolute Gasteiger partial charge is 0.280 e. The molecule has 168 valence electrons. The first-order valence-electron chi connectivity index (χ1n) is 10.2. The number of thiophene rings is 1. The highest BCUT2D eigenvalue weighted by Crippen LogP contribution is 2.33. The fourth-order valence-corrected chi connectivity index (χ4v) is 6.17. The third kappa shape index (κ3) is 4.91. The van der Waals surface area contributed by atoms with Crippen LogP contribution < -0.4 is 10.0 Å². The van der Waals surface area contributed by atoms with Gasteiger partial charge >= 0.3 is 0 Å². The summed E-state index contributed by atoms with van der Waals surface area (Å²) >= 11 is 1.54. The molecule has 6 nitrogen and oxygen atoms in total. The highest BCUT2D eigenvalue weighted by Gasteiger charge is 2.41. The quantitative estimate of drug-likeness (QED) is 0.588. The Morgan fingerprint density at radius 3 is 2.66 bits per heavy atom. The SMILES string of the molecule is Cc1cc(NC(=O)C2CC(c3ccc(Cc4ccccc4)s3)NS(=O)(=O)N2C)ccc1F. The summed E-state index contributed by atoms with van der Waals surface area (Å²) in [5.41, 5.74) is 2.00.